The summed E-state index contributed by atoms with van der Waals surface area (Å²) in [5, 5.41) is 8.13. The summed E-state index contributed by atoms with van der Waals surface area (Å²) in [6.45, 7) is 6.28. The number of hydrogen-bond acceptors (Lipinski definition) is 3. The molecule has 1 aliphatic rings. The van der Waals surface area contributed by atoms with Gasteiger partial charge in [-0.3, -0.25) is 0 Å². The molecule has 1 unspecified atom stereocenters. The van der Waals surface area contributed by atoms with E-state index in [9.17, 15) is 0 Å². The molecule has 0 bridgehead atoms. The summed E-state index contributed by atoms with van der Waals surface area (Å²) >= 11 is 0. The van der Waals surface area contributed by atoms with Gasteiger partial charge in [-0.1, -0.05) is 23.8 Å². The van der Waals surface area contributed by atoms with Crippen LogP contribution in [0.25, 0.3) is 0 Å². The van der Waals surface area contributed by atoms with Crippen molar-refractivity contribution in [3.63, 3.8) is 0 Å². The number of guanidine groups is 1. The van der Waals surface area contributed by atoms with E-state index in [1.807, 2.05) is 6.92 Å². The molecule has 4 N–H and O–H groups in total. The minimum Gasteiger partial charge on any atom is -0.468 e. The quantitative estimate of drug-likeness (QED) is 0.496. The van der Waals surface area contributed by atoms with E-state index in [4.69, 9.17) is 15.9 Å². The van der Waals surface area contributed by atoms with Crippen molar-refractivity contribution in [2.45, 2.75) is 39.5 Å². The van der Waals surface area contributed by atoms with Crippen LogP contribution in [0.5, 0.6) is 0 Å². The number of hydrogen-bond donors (Lipinski definition) is 2. The maximum atomic E-state index is 5.75. The second kappa shape index (κ2) is 7.09. The van der Waals surface area contributed by atoms with Gasteiger partial charge >= 0.3 is 0 Å². The second-order valence-electron chi connectivity index (χ2n) is 6.25. The van der Waals surface area contributed by atoms with Crippen LogP contribution in [-0.2, 0) is 6.42 Å². The normalized spacial score (nSPS) is 18.0. The van der Waals surface area contributed by atoms with Gasteiger partial charge < -0.3 is 15.9 Å². The monoisotopic (exact) mass is 346 g/mol. The first-order valence-corrected chi connectivity index (χ1v) is 7.75. The highest BCUT2D eigenvalue weighted by Gasteiger charge is 2.30. The summed E-state index contributed by atoms with van der Waals surface area (Å²) in [7, 11) is 0. The van der Waals surface area contributed by atoms with Crippen molar-refractivity contribution in [1.29, 1.82) is 0 Å². The highest BCUT2D eigenvalue weighted by atomic mass is 35.5. The third-order valence-electron chi connectivity index (χ3n) is 4.37. The van der Waals surface area contributed by atoms with E-state index >= 15 is 0 Å². The summed E-state index contributed by atoms with van der Waals surface area (Å²) in [6.07, 6.45) is 3.45. The van der Waals surface area contributed by atoms with Crippen LogP contribution in [0.3, 0.4) is 0 Å². The molecule has 0 spiro atoms. The van der Waals surface area contributed by atoms with E-state index in [1.54, 1.807) is 6.26 Å². The number of fused-ring (bicyclic) bond motifs is 1. The van der Waals surface area contributed by atoms with Gasteiger partial charge in [0.05, 0.1) is 12.0 Å². The van der Waals surface area contributed by atoms with Gasteiger partial charge in [0.1, 0.15) is 5.76 Å². The van der Waals surface area contributed by atoms with E-state index < -0.39 is 0 Å². The molecule has 128 valence electrons. The van der Waals surface area contributed by atoms with E-state index in [1.165, 1.54) is 16.7 Å². The van der Waals surface area contributed by atoms with Crippen LogP contribution in [0, 0.1) is 20.8 Å². The molecule has 5 nitrogen and oxygen atoms in total. The minimum atomic E-state index is -0.0333. The number of nitrogens with zero attached hydrogens (tertiary/aromatic N) is 2. The lowest BCUT2D eigenvalue weighted by atomic mass is 9.79. The lowest BCUT2D eigenvalue weighted by Crippen LogP contribution is -2.23. The van der Waals surface area contributed by atoms with Crippen molar-refractivity contribution in [3.05, 3.63) is 58.0 Å². The Morgan fingerprint density at radius 1 is 1.12 bits per heavy atom. The lowest BCUT2D eigenvalue weighted by molar-refractivity contribution is 0.479. The molecule has 0 fully saturated rings. The molecule has 6 heteroatoms. The smallest absolute Gasteiger partial charge is 0.211 e. The zero-order valence-corrected chi connectivity index (χ0v) is 15.0. The van der Waals surface area contributed by atoms with Crippen molar-refractivity contribution >= 4 is 24.1 Å². The summed E-state index contributed by atoms with van der Waals surface area (Å²) in [5.41, 5.74) is 17.8. The SMILES string of the molecule is Cc1ccc(C)c(C2C/C(=N/N=C(N)N)c3c(C)coc3C2)c1.Cl. The fourth-order valence-corrected chi connectivity index (χ4v) is 3.30. The largest absolute Gasteiger partial charge is 0.468 e. The topological polar surface area (TPSA) is 89.9 Å². The number of rotatable bonds is 2. The van der Waals surface area contributed by atoms with Crippen LogP contribution in [0.15, 0.2) is 39.1 Å². The van der Waals surface area contributed by atoms with Crippen LogP contribution in [0.4, 0.5) is 0 Å². The first-order valence-electron chi connectivity index (χ1n) is 7.75. The van der Waals surface area contributed by atoms with Gasteiger partial charge in [0.15, 0.2) is 0 Å². The first-order chi connectivity index (χ1) is 11.0. The summed E-state index contributed by atoms with van der Waals surface area (Å²) < 4.78 is 5.75. The number of aryl methyl sites for hydroxylation is 3. The fourth-order valence-electron chi connectivity index (χ4n) is 3.30. The van der Waals surface area contributed by atoms with Crippen molar-refractivity contribution < 1.29 is 4.42 Å². The standard InChI is InChI=1S/C18H22N4O.ClH/c1-10-4-5-11(2)14(6-10)13-7-15(21-22-18(19)20)17-12(3)9-23-16(17)8-13;/h4-6,9,13H,7-8H2,1-3H3,(H4,19,20,22);1H/b21-15-;. The van der Waals surface area contributed by atoms with Crippen LogP contribution in [-0.4, -0.2) is 11.7 Å². The van der Waals surface area contributed by atoms with Crippen LogP contribution >= 0.6 is 12.4 Å². The van der Waals surface area contributed by atoms with Crippen LogP contribution < -0.4 is 11.5 Å². The van der Waals surface area contributed by atoms with Crippen molar-refractivity contribution in [1.82, 2.24) is 0 Å². The Kier molecular flexibility index (Phi) is 5.34. The van der Waals surface area contributed by atoms with Crippen molar-refractivity contribution in [2.75, 3.05) is 0 Å². The van der Waals surface area contributed by atoms with Gasteiger partial charge in [0.25, 0.3) is 0 Å². The molecule has 1 atom stereocenters. The molecule has 0 amide bonds. The average Bonchev–Trinajstić information content (AvgIpc) is 2.88. The predicted octanol–water partition coefficient (Wildman–Crippen LogP) is 3.33. The highest BCUT2D eigenvalue weighted by Crippen LogP contribution is 2.37. The zero-order chi connectivity index (χ0) is 16.6. The predicted molar refractivity (Wildman–Crippen MR) is 100 cm³/mol. The molecular weight excluding hydrogens is 324 g/mol. The molecule has 1 aliphatic carbocycles. The Balaban J connectivity index is 0.00000208. The van der Waals surface area contributed by atoms with Crippen LogP contribution in [0.1, 0.15) is 45.9 Å². The third kappa shape index (κ3) is 3.46. The Bertz CT molecular complexity index is 803. The molecule has 0 radical (unpaired) electrons. The van der Waals surface area contributed by atoms with E-state index in [-0.39, 0.29) is 18.4 Å². The molecule has 0 saturated heterocycles. The molecule has 0 aliphatic heterocycles. The fraction of sp³-hybridized carbons (Fsp3) is 0.333. The number of furan rings is 1. The van der Waals surface area contributed by atoms with E-state index in [0.717, 1.165) is 35.4 Å². The molecule has 0 saturated carbocycles. The molecule has 1 aromatic heterocycles. The van der Waals surface area contributed by atoms with Crippen molar-refractivity contribution in [3.8, 4) is 0 Å². The Morgan fingerprint density at radius 3 is 2.58 bits per heavy atom. The Labute approximate surface area is 148 Å². The molecule has 2 aromatic rings. The van der Waals surface area contributed by atoms with Crippen LogP contribution in [0.2, 0.25) is 0 Å². The van der Waals surface area contributed by atoms with Gasteiger partial charge in [-0.2, -0.15) is 5.10 Å². The summed E-state index contributed by atoms with van der Waals surface area (Å²) in [4.78, 5) is 0. The molecule has 24 heavy (non-hydrogen) atoms. The maximum absolute atomic E-state index is 5.75. The number of benzene rings is 1. The van der Waals surface area contributed by atoms with Gasteiger partial charge in [-0.15, -0.1) is 17.5 Å². The number of nitrogens with two attached hydrogens (primary N) is 2. The zero-order valence-electron chi connectivity index (χ0n) is 14.2. The minimum absolute atomic E-state index is 0. The Morgan fingerprint density at radius 2 is 1.88 bits per heavy atom. The first kappa shape index (κ1) is 18.1. The molecule has 3 rings (SSSR count). The van der Waals surface area contributed by atoms with E-state index in [0.29, 0.717) is 5.92 Å². The summed E-state index contributed by atoms with van der Waals surface area (Å²) in [5.74, 6) is 1.25. The van der Waals surface area contributed by atoms with Gasteiger partial charge in [-0.25, -0.2) is 0 Å². The van der Waals surface area contributed by atoms with E-state index in [2.05, 4.69) is 42.2 Å². The number of halogens is 1. The third-order valence-corrected chi connectivity index (χ3v) is 4.37. The summed E-state index contributed by atoms with van der Waals surface area (Å²) in [6, 6.07) is 6.55. The maximum Gasteiger partial charge on any atom is 0.211 e. The highest BCUT2D eigenvalue weighted by molar-refractivity contribution is 6.04. The van der Waals surface area contributed by atoms with Gasteiger partial charge in [0, 0.05) is 12.0 Å². The average molecular weight is 347 g/mol. The lowest BCUT2D eigenvalue weighted by Gasteiger charge is -2.25. The van der Waals surface area contributed by atoms with Gasteiger partial charge in [-0.05, 0) is 49.8 Å². The second-order valence-corrected chi connectivity index (χ2v) is 6.25. The Hall–Kier alpha value is -2.27. The van der Waals surface area contributed by atoms with Crippen molar-refractivity contribution in [2.24, 2.45) is 21.7 Å². The van der Waals surface area contributed by atoms with Gasteiger partial charge in [0.2, 0.25) is 5.96 Å². The molecular formula is C18H23ClN4O. The molecule has 1 aromatic carbocycles. The molecule has 1 heterocycles.